The zero-order chi connectivity index (χ0) is 13.3. The van der Waals surface area contributed by atoms with Crippen LogP contribution < -0.4 is 0 Å². The van der Waals surface area contributed by atoms with Crippen molar-refractivity contribution < 1.29 is 4.79 Å². The molecule has 94 valence electrons. The second-order valence-electron chi connectivity index (χ2n) is 4.73. The van der Waals surface area contributed by atoms with Gasteiger partial charge >= 0.3 is 0 Å². The molecular weight excluding hydrogens is 242 g/mol. The minimum Gasteiger partial charge on any atom is -0.292 e. The van der Waals surface area contributed by atoms with E-state index in [0.29, 0.717) is 12.1 Å². The van der Waals surface area contributed by atoms with Gasteiger partial charge in [0.25, 0.3) is 0 Å². The molecule has 1 aromatic carbocycles. The summed E-state index contributed by atoms with van der Waals surface area (Å²) < 4.78 is 0. The normalized spacial score (nSPS) is 10.7. The summed E-state index contributed by atoms with van der Waals surface area (Å²) in [6, 6.07) is 4.25. The summed E-state index contributed by atoms with van der Waals surface area (Å²) in [5.41, 5.74) is 5.35. The van der Waals surface area contributed by atoms with Gasteiger partial charge in [0.15, 0.2) is 5.78 Å². The third kappa shape index (κ3) is 2.67. The molecule has 0 saturated heterocycles. The van der Waals surface area contributed by atoms with Gasteiger partial charge in [0.2, 0.25) is 0 Å². The predicted molar refractivity (Wildman–Crippen MR) is 75.5 cm³/mol. The Bertz CT molecular complexity index is 575. The molecule has 0 aliphatic heterocycles. The lowest BCUT2D eigenvalue weighted by atomic mass is 9.95. The summed E-state index contributed by atoms with van der Waals surface area (Å²) in [4.78, 5) is 16.4. The Kier molecular flexibility index (Phi) is 3.62. The molecule has 0 spiro atoms. The van der Waals surface area contributed by atoms with Crippen LogP contribution in [0.5, 0.6) is 0 Å². The molecule has 2 rings (SSSR count). The third-order valence-corrected chi connectivity index (χ3v) is 3.86. The number of carbonyl (C=O) groups excluding carboxylic acids is 1. The van der Waals surface area contributed by atoms with E-state index in [9.17, 15) is 4.79 Å². The zero-order valence-corrected chi connectivity index (χ0v) is 12.0. The van der Waals surface area contributed by atoms with Crippen LogP contribution in [0, 0.1) is 27.7 Å². The fourth-order valence-corrected chi connectivity index (χ4v) is 2.85. The molecule has 3 heteroatoms. The fourth-order valence-electron chi connectivity index (χ4n) is 2.23. The quantitative estimate of drug-likeness (QED) is 0.785. The molecule has 0 aliphatic rings. The SMILES string of the molecule is Cc1cc(C)c(CC(=O)c2csc(C)n2)c(C)c1. The second-order valence-corrected chi connectivity index (χ2v) is 5.79. The van der Waals surface area contributed by atoms with Crippen LogP contribution in [-0.4, -0.2) is 10.8 Å². The maximum Gasteiger partial charge on any atom is 0.186 e. The summed E-state index contributed by atoms with van der Waals surface area (Å²) >= 11 is 1.52. The molecule has 0 aliphatic carbocycles. The summed E-state index contributed by atoms with van der Waals surface area (Å²) in [6.45, 7) is 8.13. The number of carbonyl (C=O) groups is 1. The Morgan fingerprint density at radius 3 is 2.28 bits per heavy atom. The van der Waals surface area contributed by atoms with Gasteiger partial charge in [-0.1, -0.05) is 17.7 Å². The maximum atomic E-state index is 12.2. The van der Waals surface area contributed by atoms with Gasteiger partial charge in [-0.25, -0.2) is 4.98 Å². The first-order valence-electron chi connectivity index (χ1n) is 5.99. The van der Waals surface area contributed by atoms with E-state index in [-0.39, 0.29) is 5.78 Å². The summed E-state index contributed by atoms with van der Waals surface area (Å²) in [5, 5.41) is 2.78. The van der Waals surface area contributed by atoms with E-state index in [0.717, 1.165) is 10.6 Å². The highest BCUT2D eigenvalue weighted by Crippen LogP contribution is 2.19. The van der Waals surface area contributed by atoms with E-state index < -0.39 is 0 Å². The average Bonchev–Trinajstić information content (AvgIpc) is 2.70. The number of aryl methyl sites for hydroxylation is 4. The van der Waals surface area contributed by atoms with Crippen LogP contribution >= 0.6 is 11.3 Å². The minimum atomic E-state index is 0.106. The first-order valence-corrected chi connectivity index (χ1v) is 6.87. The van der Waals surface area contributed by atoms with Gasteiger partial charge in [0, 0.05) is 11.8 Å². The number of Topliss-reactive ketones (excluding diaryl/α,β-unsaturated/α-hetero) is 1. The lowest BCUT2D eigenvalue weighted by molar-refractivity contribution is 0.0988. The van der Waals surface area contributed by atoms with E-state index in [1.54, 1.807) is 0 Å². The summed E-state index contributed by atoms with van der Waals surface area (Å²) in [7, 11) is 0. The summed E-state index contributed by atoms with van der Waals surface area (Å²) in [6.07, 6.45) is 0.446. The highest BCUT2D eigenvalue weighted by molar-refractivity contribution is 7.09. The first-order chi connectivity index (χ1) is 8.47. The van der Waals surface area contributed by atoms with Crippen molar-refractivity contribution in [3.8, 4) is 0 Å². The van der Waals surface area contributed by atoms with Gasteiger partial charge in [-0.05, 0) is 44.4 Å². The lowest BCUT2D eigenvalue weighted by Gasteiger charge is -2.09. The van der Waals surface area contributed by atoms with Crippen LogP contribution in [0.1, 0.15) is 37.7 Å². The molecule has 0 amide bonds. The summed E-state index contributed by atoms with van der Waals surface area (Å²) in [5.74, 6) is 0.106. The van der Waals surface area contributed by atoms with Crippen molar-refractivity contribution in [3.05, 3.63) is 50.5 Å². The Hall–Kier alpha value is -1.48. The van der Waals surface area contributed by atoms with Crippen LogP contribution in [0.2, 0.25) is 0 Å². The van der Waals surface area contributed by atoms with Crippen molar-refractivity contribution in [2.75, 3.05) is 0 Å². The van der Waals surface area contributed by atoms with Crippen molar-refractivity contribution in [2.45, 2.75) is 34.1 Å². The molecule has 0 bridgehead atoms. The number of nitrogens with zero attached hydrogens (tertiary/aromatic N) is 1. The van der Waals surface area contributed by atoms with Crippen LogP contribution in [0.25, 0.3) is 0 Å². The molecule has 0 saturated carbocycles. The van der Waals surface area contributed by atoms with Crippen molar-refractivity contribution in [3.63, 3.8) is 0 Å². The number of thiazole rings is 1. The number of rotatable bonds is 3. The highest BCUT2D eigenvalue weighted by atomic mass is 32.1. The average molecular weight is 259 g/mol. The maximum absolute atomic E-state index is 12.2. The molecule has 1 aromatic heterocycles. The number of aromatic nitrogens is 1. The molecule has 2 nitrogen and oxygen atoms in total. The molecule has 1 heterocycles. The molecule has 18 heavy (non-hydrogen) atoms. The molecule has 0 unspecified atom stereocenters. The number of ketones is 1. The van der Waals surface area contributed by atoms with Crippen LogP contribution in [-0.2, 0) is 6.42 Å². The van der Waals surface area contributed by atoms with E-state index in [1.165, 1.54) is 28.0 Å². The monoisotopic (exact) mass is 259 g/mol. The highest BCUT2D eigenvalue weighted by Gasteiger charge is 2.13. The van der Waals surface area contributed by atoms with E-state index in [4.69, 9.17) is 0 Å². The fraction of sp³-hybridized carbons (Fsp3) is 0.333. The van der Waals surface area contributed by atoms with Gasteiger partial charge in [0.1, 0.15) is 5.69 Å². The Balaban J connectivity index is 2.27. The largest absolute Gasteiger partial charge is 0.292 e. The van der Waals surface area contributed by atoms with Gasteiger partial charge in [-0.15, -0.1) is 11.3 Å². The van der Waals surface area contributed by atoms with E-state index in [2.05, 4.69) is 37.9 Å². The van der Waals surface area contributed by atoms with Gasteiger partial charge in [-0.2, -0.15) is 0 Å². The Labute approximate surface area is 112 Å². The molecule has 2 aromatic rings. The first kappa shape index (κ1) is 13.0. The number of benzene rings is 1. The van der Waals surface area contributed by atoms with Crippen LogP contribution in [0.4, 0.5) is 0 Å². The smallest absolute Gasteiger partial charge is 0.186 e. The van der Waals surface area contributed by atoms with E-state index in [1.807, 2.05) is 12.3 Å². The van der Waals surface area contributed by atoms with Crippen molar-refractivity contribution in [1.29, 1.82) is 0 Å². The molecule has 0 N–H and O–H groups in total. The zero-order valence-electron chi connectivity index (χ0n) is 11.2. The molecule has 0 fully saturated rings. The number of hydrogen-bond donors (Lipinski definition) is 0. The Morgan fingerprint density at radius 1 is 1.17 bits per heavy atom. The topological polar surface area (TPSA) is 30.0 Å². The second kappa shape index (κ2) is 5.02. The van der Waals surface area contributed by atoms with E-state index >= 15 is 0 Å². The molecular formula is C15H17NOS. The van der Waals surface area contributed by atoms with Crippen LogP contribution in [0.15, 0.2) is 17.5 Å². The van der Waals surface area contributed by atoms with Gasteiger partial charge in [0.05, 0.1) is 5.01 Å². The number of hydrogen-bond acceptors (Lipinski definition) is 3. The Morgan fingerprint density at radius 2 is 1.78 bits per heavy atom. The molecule has 0 radical (unpaired) electrons. The van der Waals surface area contributed by atoms with Gasteiger partial charge < -0.3 is 0 Å². The van der Waals surface area contributed by atoms with Crippen molar-refractivity contribution >= 4 is 17.1 Å². The van der Waals surface area contributed by atoms with Crippen LogP contribution in [0.3, 0.4) is 0 Å². The van der Waals surface area contributed by atoms with Crippen molar-refractivity contribution in [2.24, 2.45) is 0 Å². The standard InChI is InChI=1S/C15H17NOS/c1-9-5-10(2)13(11(3)6-9)7-15(17)14-8-18-12(4)16-14/h5-6,8H,7H2,1-4H3. The predicted octanol–water partition coefficient (Wildman–Crippen LogP) is 3.80. The molecule has 0 atom stereocenters. The third-order valence-electron chi connectivity index (χ3n) is 3.08. The van der Waals surface area contributed by atoms with Gasteiger partial charge in [-0.3, -0.25) is 4.79 Å². The van der Waals surface area contributed by atoms with Crippen molar-refractivity contribution in [1.82, 2.24) is 4.98 Å². The minimum absolute atomic E-state index is 0.106. The lowest BCUT2D eigenvalue weighted by Crippen LogP contribution is -2.07.